The average molecular weight is 198 g/mol. The molecule has 0 atom stereocenters. The molecule has 0 amide bonds. The number of carbonyl (C=O) groups excluding carboxylic acids is 1. The molecule has 0 saturated carbocycles. The van der Waals surface area contributed by atoms with Crippen molar-refractivity contribution in [3.63, 3.8) is 0 Å². The van der Waals surface area contributed by atoms with Crippen LogP contribution in [0.2, 0.25) is 5.02 Å². The standard InChI is InChI=1S/C9H8ClNO2/c10-7-1-2-8-6(3-7)5-13-9(12)4-11-8/h1-3,11H,4-5H2. The van der Waals surface area contributed by atoms with E-state index in [2.05, 4.69) is 5.32 Å². The smallest absolute Gasteiger partial charge is 0.325 e. The highest BCUT2D eigenvalue weighted by atomic mass is 35.5. The third-order valence-electron chi connectivity index (χ3n) is 1.88. The Morgan fingerprint density at radius 2 is 2.31 bits per heavy atom. The summed E-state index contributed by atoms with van der Waals surface area (Å²) in [4.78, 5) is 10.9. The minimum Gasteiger partial charge on any atom is -0.459 e. The SMILES string of the molecule is O=C1CNc2ccc(Cl)cc2CO1. The molecule has 0 unspecified atom stereocenters. The number of cyclic esters (lactones) is 1. The molecule has 0 aromatic heterocycles. The largest absolute Gasteiger partial charge is 0.459 e. The zero-order chi connectivity index (χ0) is 9.26. The van der Waals surface area contributed by atoms with E-state index >= 15 is 0 Å². The Morgan fingerprint density at radius 1 is 1.46 bits per heavy atom. The predicted octanol–water partition coefficient (Wildman–Crippen LogP) is 1.81. The van der Waals surface area contributed by atoms with E-state index < -0.39 is 0 Å². The van der Waals surface area contributed by atoms with Crippen molar-refractivity contribution < 1.29 is 9.53 Å². The molecule has 13 heavy (non-hydrogen) atoms. The Labute approximate surface area is 80.6 Å². The molecular weight excluding hydrogens is 190 g/mol. The molecule has 1 heterocycles. The molecule has 1 aromatic rings. The second kappa shape index (κ2) is 3.26. The predicted molar refractivity (Wildman–Crippen MR) is 49.7 cm³/mol. The molecule has 0 spiro atoms. The van der Waals surface area contributed by atoms with Gasteiger partial charge in [-0.1, -0.05) is 11.6 Å². The number of hydrogen-bond acceptors (Lipinski definition) is 3. The molecule has 1 aliphatic heterocycles. The van der Waals surface area contributed by atoms with Crippen molar-refractivity contribution >= 4 is 23.3 Å². The lowest BCUT2D eigenvalue weighted by molar-refractivity contribution is -0.142. The van der Waals surface area contributed by atoms with Gasteiger partial charge in [0.2, 0.25) is 0 Å². The van der Waals surface area contributed by atoms with Gasteiger partial charge in [0.25, 0.3) is 0 Å². The number of carbonyl (C=O) groups is 1. The van der Waals surface area contributed by atoms with Crippen LogP contribution in [0.3, 0.4) is 0 Å². The van der Waals surface area contributed by atoms with Crippen LogP contribution in [0.1, 0.15) is 5.56 Å². The number of hydrogen-bond donors (Lipinski definition) is 1. The van der Waals surface area contributed by atoms with Crippen molar-refractivity contribution in [3.8, 4) is 0 Å². The van der Waals surface area contributed by atoms with Crippen molar-refractivity contribution in [1.29, 1.82) is 0 Å². The summed E-state index contributed by atoms with van der Waals surface area (Å²) in [6.45, 7) is 0.510. The highest BCUT2D eigenvalue weighted by Gasteiger charge is 2.12. The Balaban J connectivity index is 2.35. The molecule has 0 saturated heterocycles. The molecule has 68 valence electrons. The van der Waals surface area contributed by atoms with Crippen molar-refractivity contribution in [2.75, 3.05) is 11.9 Å². The highest BCUT2D eigenvalue weighted by Crippen LogP contribution is 2.22. The minimum atomic E-state index is -0.243. The first-order chi connectivity index (χ1) is 6.25. The molecule has 1 N–H and O–H groups in total. The van der Waals surface area contributed by atoms with Crippen LogP contribution in [-0.2, 0) is 16.1 Å². The Kier molecular flexibility index (Phi) is 2.10. The van der Waals surface area contributed by atoms with E-state index in [4.69, 9.17) is 16.3 Å². The number of anilines is 1. The summed E-state index contributed by atoms with van der Waals surface area (Å²) in [6, 6.07) is 5.42. The zero-order valence-electron chi connectivity index (χ0n) is 6.84. The van der Waals surface area contributed by atoms with Gasteiger partial charge < -0.3 is 10.1 Å². The Bertz CT molecular complexity index is 351. The first-order valence-corrected chi connectivity index (χ1v) is 4.31. The number of benzene rings is 1. The first kappa shape index (κ1) is 8.38. The molecule has 0 bridgehead atoms. The lowest BCUT2D eigenvalue weighted by Crippen LogP contribution is -2.12. The van der Waals surface area contributed by atoms with Gasteiger partial charge in [0.15, 0.2) is 0 Å². The van der Waals surface area contributed by atoms with E-state index in [0.717, 1.165) is 11.3 Å². The van der Waals surface area contributed by atoms with Crippen LogP contribution < -0.4 is 5.32 Å². The van der Waals surface area contributed by atoms with Gasteiger partial charge in [-0.2, -0.15) is 0 Å². The van der Waals surface area contributed by atoms with E-state index in [1.54, 1.807) is 12.1 Å². The van der Waals surface area contributed by atoms with Crippen LogP contribution in [0, 0.1) is 0 Å². The fourth-order valence-electron chi connectivity index (χ4n) is 1.23. The number of rotatable bonds is 0. The van der Waals surface area contributed by atoms with Crippen LogP contribution in [-0.4, -0.2) is 12.5 Å². The average Bonchev–Trinajstić information content (AvgIpc) is 2.29. The van der Waals surface area contributed by atoms with Gasteiger partial charge in [-0.3, -0.25) is 4.79 Å². The molecule has 0 radical (unpaired) electrons. The van der Waals surface area contributed by atoms with Crippen molar-refractivity contribution in [3.05, 3.63) is 28.8 Å². The maximum atomic E-state index is 10.9. The normalized spacial score (nSPS) is 15.3. The summed E-state index contributed by atoms with van der Waals surface area (Å²) >= 11 is 5.80. The summed E-state index contributed by atoms with van der Waals surface area (Å²) in [5, 5.41) is 3.62. The third-order valence-corrected chi connectivity index (χ3v) is 2.11. The lowest BCUT2D eigenvalue weighted by atomic mass is 10.2. The molecule has 4 heteroatoms. The summed E-state index contributed by atoms with van der Waals surface area (Å²) in [6.07, 6.45) is 0. The molecular formula is C9H8ClNO2. The first-order valence-electron chi connectivity index (χ1n) is 3.93. The fraction of sp³-hybridized carbons (Fsp3) is 0.222. The van der Waals surface area contributed by atoms with E-state index in [0.29, 0.717) is 11.6 Å². The minimum absolute atomic E-state index is 0.217. The molecule has 0 aliphatic carbocycles. The molecule has 3 nitrogen and oxygen atoms in total. The van der Waals surface area contributed by atoms with Crippen LogP contribution in [0.25, 0.3) is 0 Å². The van der Waals surface area contributed by atoms with E-state index in [9.17, 15) is 4.79 Å². The van der Waals surface area contributed by atoms with E-state index in [-0.39, 0.29) is 12.5 Å². The lowest BCUT2D eigenvalue weighted by Gasteiger charge is -2.04. The number of ether oxygens (including phenoxy) is 1. The topological polar surface area (TPSA) is 38.3 Å². The summed E-state index contributed by atoms with van der Waals surface area (Å²) in [5.41, 5.74) is 1.83. The molecule has 1 aliphatic rings. The molecule has 1 aromatic carbocycles. The van der Waals surface area contributed by atoms with Gasteiger partial charge in [0, 0.05) is 16.3 Å². The van der Waals surface area contributed by atoms with Crippen molar-refractivity contribution in [2.45, 2.75) is 6.61 Å². The van der Waals surface area contributed by atoms with Gasteiger partial charge >= 0.3 is 5.97 Å². The zero-order valence-corrected chi connectivity index (χ0v) is 7.60. The van der Waals surface area contributed by atoms with Gasteiger partial charge in [-0.05, 0) is 18.2 Å². The van der Waals surface area contributed by atoms with Crippen LogP contribution in [0.5, 0.6) is 0 Å². The maximum Gasteiger partial charge on any atom is 0.325 e. The van der Waals surface area contributed by atoms with E-state index in [1.165, 1.54) is 0 Å². The summed E-state index contributed by atoms with van der Waals surface area (Å²) in [5.74, 6) is -0.243. The quantitative estimate of drug-likeness (QED) is 0.645. The fourth-order valence-corrected chi connectivity index (χ4v) is 1.43. The number of fused-ring (bicyclic) bond motifs is 1. The Morgan fingerprint density at radius 3 is 3.15 bits per heavy atom. The molecule has 0 fully saturated rings. The van der Waals surface area contributed by atoms with Gasteiger partial charge in [-0.25, -0.2) is 0 Å². The Hall–Kier alpha value is -1.22. The van der Waals surface area contributed by atoms with Crippen LogP contribution in [0.4, 0.5) is 5.69 Å². The van der Waals surface area contributed by atoms with Crippen molar-refractivity contribution in [2.24, 2.45) is 0 Å². The van der Waals surface area contributed by atoms with Gasteiger partial charge in [-0.15, -0.1) is 0 Å². The van der Waals surface area contributed by atoms with Gasteiger partial charge in [0.1, 0.15) is 13.2 Å². The second-order valence-electron chi connectivity index (χ2n) is 2.82. The van der Waals surface area contributed by atoms with Crippen LogP contribution >= 0.6 is 11.6 Å². The number of halogens is 1. The highest BCUT2D eigenvalue weighted by molar-refractivity contribution is 6.30. The van der Waals surface area contributed by atoms with Gasteiger partial charge in [0.05, 0.1) is 0 Å². The summed E-state index contributed by atoms with van der Waals surface area (Å²) in [7, 11) is 0. The molecule has 2 rings (SSSR count). The van der Waals surface area contributed by atoms with Crippen molar-refractivity contribution in [1.82, 2.24) is 0 Å². The monoisotopic (exact) mass is 197 g/mol. The van der Waals surface area contributed by atoms with E-state index in [1.807, 2.05) is 6.07 Å². The maximum absolute atomic E-state index is 10.9. The third kappa shape index (κ3) is 1.75. The second-order valence-corrected chi connectivity index (χ2v) is 3.25. The number of esters is 1. The van der Waals surface area contributed by atoms with Crippen LogP contribution in [0.15, 0.2) is 18.2 Å². The number of nitrogens with one attached hydrogen (secondary N) is 1. The summed E-state index contributed by atoms with van der Waals surface area (Å²) < 4.78 is 4.92.